The molecule has 0 aromatic heterocycles. The third kappa shape index (κ3) is 4.23. The summed E-state index contributed by atoms with van der Waals surface area (Å²) >= 11 is -3.69. The molecule has 1 aliphatic rings. The summed E-state index contributed by atoms with van der Waals surface area (Å²) in [6.45, 7) is 33.0. The predicted molar refractivity (Wildman–Crippen MR) is 148 cm³/mol. The Morgan fingerprint density at radius 3 is 1.58 bits per heavy atom. The zero-order valence-electron chi connectivity index (χ0n) is 23.7. The van der Waals surface area contributed by atoms with Crippen LogP contribution in [0.3, 0.4) is 0 Å². The van der Waals surface area contributed by atoms with Crippen LogP contribution in [0.2, 0.25) is 6.86 Å². The molecule has 3 heteroatoms. The second kappa shape index (κ2) is 7.93. The van der Waals surface area contributed by atoms with Gasteiger partial charge in [-0.3, -0.25) is 0 Å². The van der Waals surface area contributed by atoms with E-state index in [4.69, 9.17) is 3.07 Å². The molecule has 2 aromatic carbocycles. The van der Waals surface area contributed by atoms with Crippen molar-refractivity contribution in [1.82, 2.24) is 0 Å². The van der Waals surface area contributed by atoms with E-state index in [9.17, 15) is 0 Å². The first-order chi connectivity index (χ1) is 14.7. The molecule has 2 aromatic rings. The molecule has 0 atom stereocenters. The van der Waals surface area contributed by atoms with Crippen molar-refractivity contribution >= 4 is 30.4 Å². The number of para-hydroxylation sites is 1. The van der Waals surface area contributed by atoms with Gasteiger partial charge in [0.2, 0.25) is 0 Å². The van der Waals surface area contributed by atoms with Crippen molar-refractivity contribution in [3.05, 3.63) is 52.6 Å². The minimum absolute atomic E-state index is 0.00446. The van der Waals surface area contributed by atoms with Gasteiger partial charge in [0, 0.05) is 0 Å². The van der Waals surface area contributed by atoms with Crippen LogP contribution in [0.15, 0.2) is 30.3 Å². The molecule has 0 fully saturated rings. The van der Waals surface area contributed by atoms with Gasteiger partial charge in [0.15, 0.2) is 0 Å². The number of hydrogen-bond donors (Lipinski definition) is 0. The van der Waals surface area contributed by atoms with Crippen LogP contribution >= 0.6 is 0 Å². The molecule has 3 rings (SSSR count). The molecule has 0 bridgehead atoms. The fraction of sp³-hybridized carbons (Fsp3) is 0.600. The predicted octanol–water partition coefficient (Wildman–Crippen LogP) is 9.47. The van der Waals surface area contributed by atoms with Gasteiger partial charge in [0.05, 0.1) is 0 Å². The molecule has 1 heterocycles. The first-order valence-electron chi connectivity index (χ1n) is 12.5. The van der Waals surface area contributed by atoms with Crippen LogP contribution in [0, 0.1) is 13.8 Å². The number of fused-ring (bicyclic) bond motifs is 1. The van der Waals surface area contributed by atoms with Gasteiger partial charge in [0.1, 0.15) is 0 Å². The topological polar surface area (TPSA) is 12.5 Å². The van der Waals surface area contributed by atoms with Gasteiger partial charge in [0.25, 0.3) is 0 Å². The van der Waals surface area contributed by atoms with Crippen LogP contribution in [0.4, 0.5) is 11.4 Å². The number of nitrogens with zero attached hydrogens (tertiary/aromatic N) is 1. The fourth-order valence-electron chi connectivity index (χ4n) is 5.78. The van der Waals surface area contributed by atoms with Crippen LogP contribution in [-0.2, 0) is 10.8 Å². The second-order valence-electron chi connectivity index (χ2n) is 14.2. The Kier molecular flexibility index (Phi) is 6.36. The number of benzene rings is 2. The van der Waals surface area contributed by atoms with Crippen LogP contribution in [-0.4, -0.2) is 19.1 Å². The maximum absolute atomic E-state index is 7.56. The molecule has 0 saturated carbocycles. The third-order valence-electron chi connectivity index (χ3n) is 7.25. The van der Waals surface area contributed by atoms with Gasteiger partial charge in [-0.15, -0.1) is 0 Å². The van der Waals surface area contributed by atoms with Gasteiger partial charge >= 0.3 is 210 Å². The van der Waals surface area contributed by atoms with E-state index in [1.54, 1.807) is 0 Å². The molecule has 182 valence electrons. The summed E-state index contributed by atoms with van der Waals surface area (Å²) in [5.74, 6) is 1.14. The Morgan fingerprint density at radius 2 is 1.18 bits per heavy atom. The van der Waals surface area contributed by atoms with E-state index in [0.717, 1.165) is 5.75 Å². The van der Waals surface area contributed by atoms with Crippen LogP contribution < -0.4 is 6.20 Å². The van der Waals surface area contributed by atoms with Crippen LogP contribution in [0.1, 0.15) is 105 Å². The van der Waals surface area contributed by atoms with E-state index in [1.807, 2.05) is 0 Å². The average Bonchev–Trinajstić information content (AvgIpc) is 2.95. The van der Waals surface area contributed by atoms with Crippen molar-refractivity contribution in [2.24, 2.45) is 0 Å². The zero-order valence-corrected chi connectivity index (χ0v) is 26.6. The summed E-state index contributed by atoms with van der Waals surface area (Å²) in [5.41, 5.74) is 8.11. The summed E-state index contributed by atoms with van der Waals surface area (Å²) in [7, 11) is 0. The first-order valence-corrected chi connectivity index (χ1v) is 17.8. The number of aryl methyl sites for hydroxylation is 2. The average molecular weight is 556 g/mol. The van der Waals surface area contributed by atoms with E-state index >= 15 is 0 Å². The Morgan fingerprint density at radius 1 is 0.697 bits per heavy atom. The Labute approximate surface area is 208 Å². The first kappa shape index (κ1) is 26.4. The molecule has 0 spiro atoms. The monoisotopic (exact) mass is 557 g/mol. The third-order valence-corrected chi connectivity index (χ3v) is 23.4. The van der Waals surface area contributed by atoms with Gasteiger partial charge in [-0.1, -0.05) is 0 Å². The molecule has 0 amide bonds. The number of anilines is 2. The van der Waals surface area contributed by atoms with Crippen molar-refractivity contribution in [3.8, 4) is 5.75 Å². The van der Waals surface area contributed by atoms with Gasteiger partial charge in [-0.25, -0.2) is 0 Å². The van der Waals surface area contributed by atoms with Crippen molar-refractivity contribution < 1.29 is 3.07 Å². The number of rotatable bonds is 1. The normalized spacial score (nSPS) is 16.6. The van der Waals surface area contributed by atoms with E-state index in [1.165, 1.54) is 33.6 Å². The van der Waals surface area contributed by atoms with Gasteiger partial charge in [-0.2, -0.15) is 0 Å². The minimum atomic E-state index is -3.69. The van der Waals surface area contributed by atoms with E-state index in [-0.39, 0.29) is 17.7 Å². The van der Waals surface area contributed by atoms with Gasteiger partial charge < -0.3 is 0 Å². The summed E-state index contributed by atoms with van der Waals surface area (Å²) in [5, 5.41) is 0. The standard InChI is InChI=1S/C22H30NO.2C4H9.Sn/c1-14-10-9-11-15(2)19(14)23-18-13-16(21(3,4)5)12-17(20(18)24)22(6,7)8;2*1-4(2)3;/h9-13,24H,1-8H3;2*1-3H3;/q-1;;;+2/p-1. The Bertz CT molecular complexity index is 1020. The van der Waals surface area contributed by atoms with E-state index in [0.29, 0.717) is 0 Å². The molecule has 2 nitrogen and oxygen atoms in total. The van der Waals surface area contributed by atoms with Crippen LogP contribution in [0.25, 0.3) is 0 Å². The van der Waals surface area contributed by atoms with E-state index in [2.05, 4.69) is 130 Å². The molecule has 1 aliphatic heterocycles. The van der Waals surface area contributed by atoms with Crippen molar-refractivity contribution in [1.29, 1.82) is 0 Å². The van der Waals surface area contributed by atoms with E-state index < -0.39 is 19.1 Å². The summed E-state index contributed by atoms with van der Waals surface area (Å²) in [6, 6.07) is 11.6. The number of hydrogen-bond acceptors (Lipinski definition) is 2. The zero-order chi connectivity index (χ0) is 25.4. The summed E-state index contributed by atoms with van der Waals surface area (Å²) < 4.78 is 10.4. The summed E-state index contributed by atoms with van der Waals surface area (Å²) in [4.78, 5) is 0. The Hall–Kier alpha value is -1.16. The quantitative estimate of drug-likeness (QED) is 0.325. The SMILES string of the molecule is Cc1cccc(C)c1[N]1c2cc(C(C)(C)C)cc(C(C)(C)C)c2[O][Sn]1([C](C)(C)C)[C](C)(C)C. The van der Waals surface area contributed by atoms with Crippen molar-refractivity contribution in [2.45, 2.75) is 115 Å². The van der Waals surface area contributed by atoms with Gasteiger partial charge in [-0.05, 0) is 0 Å². The molecule has 0 radical (unpaired) electrons. The Balaban J connectivity index is 2.57. The summed E-state index contributed by atoms with van der Waals surface area (Å²) in [6.07, 6.45) is 0. The molecule has 33 heavy (non-hydrogen) atoms. The molecule has 0 saturated heterocycles. The molecule has 0 aliphatic carbocycles. The molecular weight excluding hydrogens is 509 g/mol. The fourth-order valence-corrected chi connectivity index (χ4v) is 22.8. The molecule has 0 unspecified atom stereocenters. The second-order valence-corrected chi connectivity index (χ2v) is 28.3. The molecular formula is C30H47NOSn. The van der Waals surface area contributed by atoms with Crippen LogP contribution in [0.5, 0.6) is 5.75 Å². The van der Waals surface area contributed by atoms with Crippen molar-refractivity contribution in [3.63, 3.8) is 0 Å². The molecule has 0 N–H and O–H groups in total. The van der Waals surface area contributed by atoms with Crippen molar-refractivity contribution in [2.75, 3.05) is 3.12 Å². The maximum atomic E-state index is 7.56.